The van der Waals surface area contributed by atoms with Crippen LogP contribution in [-0.2, 0) is 22.1 Å². The number of alkyl halides is 2. The maximum atomic E-state index is 13.0. The molecule has 0 fully saturated rings. The Kier molecular flexibility index (Phi) is 6.92. The fraction of sp³-hybridized carbons (Fsp3) is 0.333. The fourth-order valence-corrected chi connectivity index (χ4v) is 4.57. The average Bonchev–Trinajstić information content (AvgIpc) is 2.71. The Balaban J connectivity index is 1.88. The molecule has 0 radical (unpaired) electrons. The van der Waals surface area contributed by atoms with Crippen molar-refractivity contribution in [3.05, 3.63) is 64.4 Å². The molecule has 3 rings (SSSR count). The number of sulfone groups is 1. The summed E-state index contributed by atoms with van der Waals surface area (Å²) in [6, 6.07) is 12.5. The van der Waals surface area contributed by atoms with Gasteiger partial charge in [0.05, 0.1) is 15.8 Å². The van der Waals surface area contributed by atoms with Crippen molar-refractivity contribution < 1.29 is 17.2 Å². The predicted octanol–water partition coefficient (Wildman–Crippen LogP) is 4.73. The van der Waals surface area contributed by atoms with E-state index >= 15 is 0 Å². The quantitative estimate of drug-likeness (QED) is 0.365. The van der Waals surface area contributed by atoms with Gasteiger partial charge in [-0.1, -0.05) is 49.9 Å². The van der Waals surface area contributed by atoms with Gasteiger partial charge in [-0.3, -0.25) is 9.36 Å². The normalized spacial score (nSPS) is 12.2. The Morgan fingerprint density at radius 1 is 1.07 bits per heavy atom. The molecule has 160 valence electrons. The smallest absolute Gasteiger partial charge is 0.287 e. The van der Waals surface area contributed by atoms with Gasteiger partial charge in [-0.2, -0.15) is 8.78 Å². The number of thioether (sulfide) groups is 1. The number of hydrogen-bond acceptors (Lipinski definition) is 5. The second kappa shape index (κ2) is 9.26. The highest BCUT2D eigenvalue weighted by Gasteiger charge is 2.26. The first kappa shape index (κ1) is 22.4. The van der Waals surface area contributed by atoms with Gasteiger partial charge in [0.2, 0.25) is 9.84 Å². The van der Waals surface area contributed by atoms with E-state index < -0.39 is 20.5 Å². The van der Waals surface area contributed by atoms with Crippen LogP contribution in [0.4, 0.5) is 8.78 Å². The minimum Gasteiger partial charge on any atom is -0.287 e. The zero-order chi connectivity index (χ0) is 21.9. The van der Waals surface area contributed by atoms with Crippen LogP contribution in [0.5, 0.6) is 0 Å². The lowest BCUT2D eigenvalue weighted by Gasteiger charge is -2.14. The zero-order valence-electron chi connectivity index (χ0n) is 16.6. The zero-order valence-corrected chi connectivity index (χ0v) is 18.2. The molecule has 0 N–H and O–H groups in total. The van der Waals surface area contributed by atoms with Crippen molar-refractivity contribution in [1.82, 2.24) is 9.55 Å². The molecule has 0 bridgehead atoms. The Hall–Kier alpha value is -2.26. The van der Waals surface area contributed by atoms with Crippen molar-refractivity contribution in [2.75, 3.05) is 0 Å². The Morgan fingerprint density at radius 3 is 2.37 bits per heavy atom. The van der Waals surface area contributed by atoms with Crippen molar-refractivity contribution >= 4 is 32.5 Å². The predicted molar refractivity (Wildman–Crippen MR) is 115 cm³/mol. The van der Waals surface area contributed by atoms with Gasteiger partial charge in [0.15, 0.2) is 5.16 Å². The average molecular weight is 453 g/mol. The van der Waals surface area contributed by atoms with Gasteiger partial charge in [0, 0.05) is 12.3 Å². The molecule has 0 saturated heterocycles. The number of nitrogens with zero attached hydrogens (tertiary/aromatic N) is 2. The minimum atomic E-state index is -4.61. The summed E-state index contributed by atoms with van der Waals surface area (Å²) in [5.74, 6) is -2.61. The SMILES string of the molecule is CC(C)CCn1c(SCc2ccc(S(=O)(=O)C(F)F)cc2)nc2ccccc2c1=O. The van der Waals surface area contributed by atoms with Crippen LogP contribution in [0.2, 0.25) is 0 Å². The number of benzene rings is 2. The number of aromatic nitrogens is 2. The molecule has 1 aromatic heterocycles. The van der Waals surface area contributed by atoms with Gasteiger partial charge in [0.25, 0.3) is 5.56 Å². The second-order valence-corrected chi connectivity index (χ2v) is 10.1. The van der Waals surface area contributed by atoms with Gasteiger partial charge in [0.1, 0.15) is 0 Å². The molecule has 0 atom stereocenters. The van der Waals surface area contributed by atoms with E-state index in [1.165, 1.54) is 36.0 Å². The van der Waals surface area contributed by atoms with Crippen LogP contribution >= 0.6 is 11.8 Å². The molecule has 30 heavy (non-hydrogen) atoms. The maximum absolute atomic E-state index is 13.0. The highest BCUT2D eigenvalue weighted by atomic mass is 32.2. The van der Waals surface area contributed by atoms with Gasteiger partial charge < -0.3 is 0 Å². The highest BCUT2D eigenvalue weighted by molar-refractivity contribution is 7.98. The van der Waals surface area contributed by atoms with Crippen LogP contribution in [0, 0.1) is 5.92 Å². The van der Waals surface area contributed by atoms with E-state index in [-0.39, 0.29) is 5.56 Å². The number of para-hydroxylation sites is 1. The van der Waals surface area contributed by atoms with Crippen molar-refractivity contribution in [2.45, 2.75) is 48.4 Å². The van der Waals surface area contributed by atoms with Crippen molar-refractivity contribution in [3.63, 3.8) is 0 Å². The lowest BCUT2D eigenvalue weighted by atomic mass is 10.1. The third kappa shape index (κ3) is 4.89. The van der Waals surface area contributed by atoms with Gasteiger partial charge in [-0.05, 0) is 42.2 Å². The van der Waals surface area contributed by atoms with Gasteiger partial charge in [-0.15, -0.1) is 0 Å². The molecule has 2 aromatic carbocycles. The molecular weight excluding hydrogens is 430 g/mol. The third-order valence-electron chi connectivity index (χ3n) is 4.61. The van der Waals surface area contributed by atoms with E-state index in [0.29, 0.717) is 34.3 Å². The highest BCUT2D eigenvalue weighted by Crippen LogP contribution is 2.25. The summed E-state index contributed by atoms with van der Waals surface area (Å²) >= 11 is 1.35. The molecule has 0 unspecified atom stereocenters. The molecule has 3 aromatic rings. The summed E-state index contributed by atoms with van der Waals surface area (Å²) in [6.45, 7) is 4.71. The van der Waals surface area contributed by atoms with E-state index in [0.717, 1.165) is 12.0 Å². The molecule has 9 heteroatoms. The molecule has 1 heterocycles. The van der Waals surface area contributed by atoms with Crippen molar-refractivity contribution in [2.24, 2.45) is 5.92 Å². The second-order valence-electron chi connectivity index (χ2n) is 7.29. The summed E-state index contributed by atoms with van der Waals surface area (Å²) in [4.78, 5) is 17.2. The third-order valence-corrected chi connectivity index (χ3v) is 7.06. The molecule has 5 nitrogen and oxygen atoms in total. The molecular formula is C21H22F2N2O3S2. The molecule has 0 saturated carbocycles. The van der Waals surface area contributed by atoms with Crippen molar-refractivity contribution in [1.29, 1.82) is 0 Å². The number of hydrogen-bond donors (Lipinski definition) is 0. The Morgan fingerprint density at radius 2 is 1.73 bits per heavy atom. The summed E-state index contributed by atoms with van der Waals surface area (Å²) in [5, 5.41) is 1.13. The van der Waals surface area contributed by atoms with Crippen LogP contribution in [0.25, 0.3) is 10.9 Å². The minimum absolute atomic E-state index is 0.0953. The van der Waals surface area contributed by atoms with E-state index in [4.69, 9.17) is 0 Å². The maximum Gasteiger partial charge on any atom is 0.341 e. The van der Waals surface area contributed by atoms with E-state index in [1.54, 1.807) is 22.8 Å². The van der Waals surface area contributed by atoms with Crippen LogP contribution in [-0.4, -0.2) is 23.7 Å². The van der Waals surface area contributed by atoms with Crippen molar-refractivity contribution in [3.8, 4) is 0 Å². The molecule has 0 spiro atoms. The lowest BCUT2D eigenvalue weighted by Crippen LogP contribution is -2.24. The molecule has 0 aliphatic carbocycles. The monoisotopic (exact) mass is 452 g/mol. The first-order chi connectivity index (χ1) is 14.2. The lowest BCUT2D eigenvalue weighted by molar-refractivity contribution is 0.234. The summed E-state index contributed by atoms with van der Waals surface area (Å²) < 4.78 is 50.1. The van der Waals surface area contributed by atoms with Crippen LogP contribution in [0.1, 0.15) is 25.8 Å². The molecule has 0 amide bonds. The first-order valence-corrected chi connectivity index (χ1v) is 12.0. The summed E-state index contributed by atoms with van der Waals surface area (Å²) in [6.07, 6.45) is 0.827. The Bertz CT molecular complexity index is 1190. The standard InChI is InChI=1S/C21H22F2N2O3S2/c1-14(2)11-12-25-19(26)17-5-3-4-6-18(17)24-21(25)29-13-15-7-9-16(10-8-15)30(27,28)20(22)23/h3-10,14,20H,11-13H2,1-2H3. The number of halogens is 2. The van der Waals surface area contributed by atoms with E-state index in [1.807, 2.05) is 6.07 Å². The molecule has 0 aliphatic heterocycles. The van der Waals surface area contributed by atoms with Gasteiger partial charge >= 0.3 is 5.76 Å². The summed E-state index contributed by atoms with van der Waals surface area (Å²) in [7, 11) is -4.61. The summed E-state index contributed by atoms with van der Waals surface area (Å²) in [5.41, 5.74) is 1.26. The number of rotatable bonds is 8. The number of fused-ring (bicyclic) bond motifs is 1. The van der Waals surface area contributed by atoms with Gasteiger partial charge in [-0.25, -0.2) is 13.4 Å². The van der Waals surface area contributed by atoms with E-state index in [9.17, 15) is 22.0 Å². The van der Waals surface area contributed by atoms with Crippen LogP contribution in [0.3, 0.4) is 0 Å². The van der Waals surface area contributed by atoms with Crippen LogP contribution in [0.15, 0.2) is 63.4 Å². The Labute approximate surface area is 178 Å². The largest absolute Gasteiger partial charge is 0.341 e. The van der Waals surface area contributed by atoms with Crippen LogP contribution < -0.4 is 5.56 Å². The molecule has 0 aliphatic rings. The topological polar surface area (TPSA) is 69.0 Å². The van der Waals surface area contributed by atoms with E-state index in [2.05, 4.69) is 18.8 Å². The first-order valence-electron chi connectivity index (χ1n) is 9.43. The fourth-order valence-electron chi connectivity index (χ4n) is 2.87.